The maximum Gasteiger partial charge on any atom is 0.222 e. The molecular weight excluding hydrogens is 248 g/mol. The molecule has 2 rings (SSSR count). The van der Waals surface area contributed by atoms with Crippen molar-refractivity contribution < 1.29 is 4.79 Å². The zero-order chi connectivity index (χ0) is 14.7. The van der Waals surface area contributed by atoms with Crippen LogP contribution in [0, 0.1) is 18.8 Å². The van der Waals surface area contributed by atoms with Gasteiger partial charge in [-0.05, 0) is 24.8 Å². The minimum absolute atomic E-state index is 0.0383. The van der Waals surface area contributed by atoms with Gasteiger partial charge in [0.1, 0.15) is 0 Å². The lowest BCUT2D eigenvalue weighted by atomic mass is 9.92. The van der Waals surface area contributed by atoms with Crippen LogP contribution in [-0.2, 0) is 4.79 Å². The van der Waals surface area contributed by atoms with Crippen molar-refractivity contribution in [2.75, 3.05) is 13.1 Å². The molecule has 3 nitrogen and oxygen atoms in total. The van der Waals surface area contributed by atoms with Gasteiger partial charge in [-0.3, -0.25) is 4.79 Å². The summed E-state index contributed by atoms with van der Waals surface area (Å²) < 4.78 is 0. The Bertz CT molecular complexity index is 453. The predicted octanol–water partition coefficient (Wildman–Crippen LogP) is 2.89. The zero-order valence-electron chi connectivity index (χ0n) is 12.8. The number of hydrogen-bond acceptors (Lipinski definition) is 2. The number of nitrogens with zero attached hydrogens (tertiary/aromatic N) is 1. The number of carbonyl (C=O) groups is 1. The van der Waals surface area contributed by atoms with Crippen molar-refractivity contribution in [3.8, 4) is 0 Å². The Balaban J connectivity index is 1.97. The van der Waals surface area contributed by atoms with E-state index in [-0.39, 0.29) is 17.9 Å². The first-order valence-electron chi connectivity index (χ1n) is 7.57. The summed E-state index contributed by atoms with van der Waals surface area (Å²) in [4.78, 5) is 14.0. The largest absolute Gasteiger partial charge is 0.342 e. The normalized spacial score (nSPS) is 20.8. The number of carbonyl (C=O) groups excluding carboxylic acids is 1. The summed E-state index contributed by atoms with van der Waals surface area (Å²) in [6, 6.07) is 8.30. The molecule has 0 radical (unpaired) electrons. The quantitative estimate of drug-likeness (QED) is 0.897. The molecule has 2 N–H and O–H groups in total. The number of hydrogen-bond donors (Lipinski definition) is 1. The summed E-state index contributed by atoms with van der Waals surface area (Å²) in [5.74, 6) is 1.14. The average molecular weight is 274 g/mol. The van der Waals surface area contributed by atoms with Crippen LogP contribution in [0.1, 0.15) is 43.9 Å². The van der Waals surface area contributed by atoms with E-state index in [2.05, 4.69) is 45.0 Å². The number of rotatable bonds is 5. The summed E-state index contributed by atoms with van der Waals surface area (Å²) in [5.41, 5.74) is 8.73. The van der Waals surface area contributed by atoms with Crippen LogP contribution in [0.25, 0.3) is 0 Å². The SMILES string of the molecule is Cc1ccc(C(N)C2CC(=O)N(CCC(C)C)C2)cc1. The van der Waals surface area contributed by atoms with Crippen molar-refractivity contribution in [1.82, 2.24) is 4.90 Å². The highest BCUT2D eigenvalue weighted by atomic mass is 16.2. The Hall–Kier alpha value is -1.35. The molecule has 0 saturated carbocycles. The highest BCUT2D eigenvalue weighted by Crippen LogP contribution is 2.29. The number of nitrogens with two attached hydrogens (primary N) is 1. The van der Waals surface area contributed by atoms with Gasteiger partial charge in [0.15, 0.2) is 0 Å². The second kappa shape index (κ2) is 6.40. The van der Waals surface area contributed by atoms with Gasteiger partial charge in [-0.1, -0.05) is 43.7 Å². The summed E-state index contributed by atoms with van der Waals surface area (Å²) in [6.45, 7) is 8.13. The number of benzene rings is 1. The van der Waals surface area contributed by atoms with Crippen molar-refractivity contribution in [3.05, 3.63) is 35.4 Å². The molecule has 1 heterocycles. The molecule has 3 heteroatoms. The molecule has 2 unspecified atom stereocenters. The zero-order valence-corrected chi connectivity index (χ0v) is 12.8. The van der Waals surface area contributed by atoms with Crippen LogP contribution in [0.4, 0.5) is 0 Å². The number of amides is 1. The maximum atomic E-state index is 12.1. The van der Waals surface area contributed by atoms with Crippen molar-refractivity contribution in [2.45, 2.75) is 39.7 Å². The molecule has 0 bridgehead atoms. The van der Waals surface area contributed by atoms with Crippen LogP contribution in [0.5, 0.6) is 0 Å². The molecule has 1 aliphatic rings. The van der Waals surface area contributed by atoms with Crippen LogP contribution in [0.3, 0.4) is 0 Å². The van der Waals surface area contributed by atoms with E-state index in [1.807, 2.05) is 4.90 Å². The van der Waals surface area contributed by atoms with Crippen LogP contribution >= 0.6 is 0 Å². The smallest absolute Gasteiger partial charge is 0.222 e. The highest BCUT2D eigenvalue weighted by Gasteiger charge is 2.33. The summed E-state index contributed by atoms with van der Waals surface area (Å²) in [7, 11) is 0. The maximum absolute atomic E-state index is 12.1. The lowest BCUT2D eigenvalue weighted by Gasteiger charge is -2.21. The third-order valence-corrected chi connectivity index (χ3v) is 4.19. The van der Waals surface area contributed by atoms with Crippen molar-refractivity contribution >= 4 is 5.91 Å². The molecule has 20 heavy (non-hydrogen) atoms. The van der Waals surface area contributed by atoms with Crippen LogP contribution in [0.15, 0.2) is 24.3 Å². The van der Waals surface area contributed by atoms with Gasteiger partial charge in [0, 0.05) is 31.5 Å². The lowest BCUT2D eigenvalue weighted by Crippen LogP contribution is -2.29. The van der Waals surface area contributed by atoms with Gasteiger partial charge < -0.3 is 10.6 Å². The summed E-state index contributed by atoms with van der Waals surface area (Å²) in [5, 5.41) is 0. The van der Waals surface area contributed by atoms with E-state index in [0.717, 1.165) is 25.1 Å². The summed E-state index contributed by atoms with van der Waals surface area (Å²) in [6.07, 6.45) is 1.66. The fourth-order valence-electron chi connectivity index (χ4n) is 2.73. The van der Waals surface area contributed by atoms with Gasteiger partial charge in [0.25, 0.3) is 0 Å². The fraction of sp³-hybridized carbons (Fsp3) is 0.588. The topological polar surface area (TPSA) is 46.3 Å². The molecule has 0 spiro atoms. The lowest BCUT2D eigenvalue weighted by molar-refractivity contribution is -0.127. The van der Waals surface area contributed by atoms with E-state index in [9.17, 15) is 4.79 Å². The van der Waals surface area contributed by atoms with Gasteiger partial charge in [-0.25, -0.2) is 0 Å². The molecule has 1 aromatic carbocycles. The van der Waals surface area contributed by atoms with Gasteiger partial charge >= 0.3 is 0 Å². The Kier molecular flexibility index (Phi) is 4.81. The molecular formula is C17H26N2O. The Morgan fingerprint density at radius 1 is 1.30 bits per heavy atom. The summed E-state index contributed by atoms with van der Waals surface area (Å²) >= 11 is 0. The monoisotopic (exact) mass is 274 g/mol. The van der Waals surface area contributed by atoms with Crippen LogP contribution in [-0.4, -0.2) is 23.9 Å². The Morgan fingerprint density at radius 2 is 1.95 bits per heavy atom. The minimum Gasteiger partial charge on any atom is -0.342 e. The van der Waals surface area contributed by atoms with Gasteiger partial charge in [-0.2, -0.15) is 0 Å². The van der Waals surface area contributed by atoms with Crippen molar-refractivity contribution in [1.29, 1.82) is 0 Å². The van der Waals surface area contributed by atoms with Gasteiger partial charge in [0.05, 0.1) is 0 Å². The van der Waals surface area contributed by atoms with E-state index in [4.69, 9.17) is 5.73 Å². The Labute approximate surface area is 122 Å². The third kappa shape index (κ3) is 3.60. The molecule has 1 aliphatic heterocycles. The van der Waals surface area contributed by atoms with E-state index >= 15 is 0 Å². The minimum atomic E-state index is -0.0383. The Morgan fingerprint density at radius 3 is 2.55 bits per heavy atom. The standard InChI is InChI=1S/C17H26N2O/c1-12(2)8-9-19-11-15(10-16(19)20)17(18)14-6-4-13(3)5-7-14/h4-7,12,15,17H,8-11,18H2,1-3H3. The van der Waals surface area contributed by atoms with E-state index in [1.165, 1.54) is 5.56 Å². The van der Waals surface area contributed by atoms with E-state index in [1.54, 1.807) is 0 Å². The second-order valence-electron chi connectivity index (χ2n) is 6.42. The van der Waals surface area contributed by atoms with E-state index in [0.29, 0.717) is 12.3 Å². The molecule has 110 valence electrons. The first kappa shape index (κ1) is 15.0. The molecule has 1 saturated heterocycles. The first-order valence-corrected chi connectivity index (χ1v) is 7.57. The number of likely N-dealkylation sites (tertiary alicyclic amines) is 1. The van der Waals surface area contributed by atoms with Crippen molar-refractivity contribution in [3.63, 3.8) is 0 Å². The van der Waals surface area contributed by atoms with Gasteiger partial charge in [-0.15, -0.1) is 0 Å². The number of aryl methyl sites for hydroxylation is 1. The molecule has 0 aromatic heterocycles. The molecule has 1 fully saturated rings. The molecule has 1 aromatic rings. The van der Waals surface area contributed by atoms with E-state index < -0.39 is 0 Å². The highest BCUT2D eigenvalue weighted by molar-refractivity contribution is 5.78. The predicted molar refractivity (Wildman–Crippen MR) is 82.2 cm³/mol. The third-order valence-electron chi connectivity index (χ3n) is 4.19. The van der Waals surface area contributed by atoms with Crippen molar-refractivity contribution in [2.24, 2.45) is 17.6 Å². The second-order valence-corrected chi connectivity index (χ2v) is 6.42. The molecule has 0 aliphatic carbocycles. The van der Waals surface area contributed by atoms with Gasteiger partial charge in [0.2, 0.25) is 5.91 Å². The fourth-order valence-corrected chi connectivity index (χ4v) is 2.73. The van der Waals surface area contributed by atoms with Crippen LogP contribution in [0.2, 0.25) is 0 Å². The first-order chi connectivity index (χ1) is 9.47. The molecule has 1 amide bonds. The van der Waals surface area contributed by atoms with Crippen LogP contribution < -0.4 is 5.73 Å². The average Bonchev–Trinajstić information content (AvgIpc) is 2.78. The molecule has 2 atom stereocenters.